The molecular formula is C28H28B-. The van der Waals surface area contributed by atoms with Crippen LogP contribution in [-0.2, 0) is 5.41 Å². The molecule has 144 valence electrons. The van der Waals surface area contributed by atoms with E-state index in [1.54, 1.807) is 0 Å². The van der Waals surface area contributed by atoms with Gasteiger partial charge in [0, 0.05) is 0 Å². The van der Waals surface area contributed by atoms with Crippen LogP contribution in [0.3, 0.4) is 0 Å². The van der Waals surface area contributed by atoms with Crippen LogP contribution in [0.5, 0.6) is 0 Å². The molecule has 4 rings (SSSR count). The fourth-order valence-corrected chi connectivity index (χ4v) is 4.65. The Kier molecular flexibility index (Phi) is 5.15. The standard InChI is InChI=1S/C28H28B/c1-28(2,3)23-19-21-27(22-20-23)29(24-13-7-4-8-14-24,25-15-9-5-10-16-25)26-17-11-6-12-18-26/h4-22H,1-3H3/q-1. The zero-order chi connectivity index (χ0) is 20.3. The van der Waals surface area contributed by atoms with E-state index >= 15 is 0 Å². The Bertz CT molecular complexity index is 947. The highest BCUT2D eigenvalue weighted by Crippen LogP contribution is 2.21. The molecule has 0 saturated heterocycles. The molecule has 0 fully saturated rings. The third-order valence-electron chi connectivity index (χ3n) is 6.18. The number of hydrogen-bond donors (Lipinski definition) is 0. The highest BCUT2D eigenvalue weighted by molar-refractivity contribution is 7.19. The maximum Gasteiger partial charge on any atom is 0.108 e. The minimum Gasteiger partial charge on any atom is -0.195 e. The van der Waals surface area contributed by atoms with Crippen LogP contribution in [0, 0.1) is 0 Å². The van der Waals surface area contributed by atoms with Crippen molar-refractivity contribution in [2.75, 3.05) is 0 Å². The van der Waals surface area contributed by atoms with Crippen molar-refractivity contribution in [1.82, 2.24) is 0 Å². The topological polar surface area (TPSA) is 0 Å². The normalized spacial score (nSPS) is 12.0. The summed E-state index contributed by atoms with van der Waals surface area (Å²) in [4.78, 5) is 0. The Morgan fingerprint density at radius 3 is 1.03 bits per heavy atom. The molecule has 0 radical (unpaired) electrons. The highest BCUT2D eigenvalue weighted by atomic mass is 14.2. The molecule has 0 aromatic heterocycles. The Morgan fingerprint density at radius 2 is 0.724 bits per heavy atom. The second kappa shape index (κ2) is 7.76. The van der Waals surface area contributed by atoms with E-state index in [-0.39, 0.29) is 5.41 Å². The van der Waals surface area contributed by atoms with E-state index in [1.807, 2.05) is 0 Å². The van der Waals surface area contributed by atoms with Crippen LogP contribution >= 0.6 is 0 Å². The summed E-state index contributed by atoms with van der Waals surface area (Å²) < 4.78 is 0. The molecule has 0 aliphatic rings. The first-order chi connectivity index (χ1) is 14.0. The van der Waals surface area contributed by atoms with E-state index in [0.29, 0.717) is 0 Å². The first-order valence-electron chi connectivity index (χ1n) is 10.5. The monoisotopic (exact) mass is 375 g/mol. The molecule has 0 heterocycles. The van der Waals surface area contributed by atoms with Crippen molar-refractivity contribution in [3.63, 3.8) is 0 Å². The van der Waals surface area contributed by atoms with Crippen LogP contribution in [0.15, 0.2) is 115 Å². The largest absolute Gasteiger partial charge is 0.195 e. The van der Waals surface area contributed by atoms with Crippen LogP contribution in [0.25, 0.3) is 0 Å². The van der Waals surface area contributed by atoms with Crippen LogP contribution in [0.4, 0.5) is 0 Å². The third kappa shape index (κ3) is 3.54. The zero-order valence-corrected chi connectivity index (χ0v) is 17.5. The maximum atomic E-state index is 2.34. The van der Waals surface area contributed by atoms with Gasteiger partial charge in [-0.2, -0.15) is 21.9 Å². The SMILES string of the molecule is CC(C)(C)c1ccc([B-](c2ccccc2)(c2ccccc2)c2ccccc2)cc1. The molecule has 0 unspecified atom stereocenters. The van der Waals surface area contributed by atoms with Gasteiger partial charge >= 0.3 is 0 Å². The summed E-state index contributed by atoms with van der Waals surface area (Å²) in [5, 5.41) is 0. The lowest BCUT2D eigenvalue weighted by Crippen LogP contribution is -2.74. The molecule has 0 spiro atoms. The summed E-state index contributed by atoms with van der Waals surface area (Å²) in [7, 11) is 0. The minimum atomic E-state index is -1.27. The number of benzene rings is 4. The van der Waals surface area contributed by atoms with E-state index in [9.17, 15) is 0 Å². The summed E-state index contributed by atoms with van der Waals surface area (Å²) >= 11 is 0. The van der Waals surface area contributed by atoms with Gasteiger partial charge in [0.1, 0.15) is 6.15 Å². The second-order valence-corrected chi connectivity index (χ2v) is 8.97. The fourth-order valence-electron chi connectivity index (χ4n) is 4.65. The molecule has 0 aliphatic heterocycles. The number of hydrogen-bond acceptors (Lipinski definition) is 0. The van der Waals surface area contributed by atoms with Crippen LogP contribution < -0.4 is 21.9 Å². The molecule has 0 aliphatic carbocycles. The van der Waals surface area contributed by atoms with Crippen molar-refractivity contribution in [2.45, 2.75) is 26.2 Å². The smallest absolute Gasteiger partial charge is 0.108 e. The van der Waals surface area contributed by atoms with Crippen molar-refractivity contribution in [1.29, 1.82) is 0 Å². The highest BCUT2D eigenvalue weighted by Gasteiger charge is 2.31. The molecule has 29 heavy (non-hydrogen) atoms. The van der Waals surface area contributed by atoms with Crippen molar-refractivity contribution in [2.24, 2.45) is 0 Å². The van der Waals surface area contributed by atoms with Gasteiger partial charge in [0.2, 0.25) is 0 Å². The van der Waals surface area contributed by atoms with Gasteiger partial charge in [0.15, 0.2) is 0 Å². The van der Waals surface area contributed by atoms with E-state index in [2.05, 4.69) is 136 Å². The summed E-state index contributed by atoms with van der Waals surface area (Å²) in [6.45, 7) is 6.81. The molecule has 0 nitrogen and oxygen atoms in total. The molecule has 4 aromatic rings. The molecule has 0 bridgehead atoms. The van der Waals surface area contributed by atoms with Gasteiger partial charge in [-0.15, -0.1) is 0 Å². The lowest BCUT2D eigenvalue weighted by Gasteiger charge is -2.44. The molecule has 0 amide bonds. The summed E-state index contributed by atoms with van der Waals surface area (Å²) in [6.07, 6.45) is -1.27. The average molecular weight is 375 g/mol. The van der Waals surface area contributed by atoms with E-state index < -0.39 is 6.15 Å². The summed E-state index contributed by atoms with van der Waals surface area (Å²) in [6, 6.07) is 42.2. The van der Waals surface area contributed by atoms with Gasteiger partial charge in [0.05, 0.1) is 0 Å². The van der Waals surface area contributed by atoms with Gasteiger partial charge in [0.25, 0.3) is 0 Å². The Labute approximate surface area is 175 Å². The first kappa shape index (κ1) is 19.3. The van der Waals surface area contributed by atoms with Crippen LogP contribution in [0.2, 0.25) is 0 Å². The molecule has 1 heteroatoms. The second-order valence-electron chi connectivity index (χ2n) is 8.97. The molecule has 0 N–H and O–H groups in total. The lowest BCUT2D eigenvalue weighted by molar-refractivity contribution is 0.590. The minimum absolute atomic E-state index is 0.139. The first-order valence-corrected chi connectivity index (χ1v) is 10.5. The van der Waals surface area contributed by atoms with Gasteiger partial charge in [-0.3, -0.25) is 0 Å². The van der Waals surface area contributed by atoms with Gasteiger partial charge < -0.3 is 0 Å². The molecular weight excluding hydrogens is 347 g/mol. The predicted molar refractivity (Wildman–Crippen MR) is 129 cm³/mol. The lowest BCUT2D eigenvalue weighted by atomic mass is 9.13. The van der Waals surface area contributed by atoms with E-state index in [4.69, 9.17) is 0 Å². The van der Waals surface area contributed by atoms with E-state index in [0.717, 1.165) is 0 Å². The Morgan fingerprint density at radius 1 is 0.414 bits per heavy atom. The average Bonchev–Trinajstić information content (AvgIpc) is 2.76. The van der Waals surface area contributed by atoms with Crippen molar-refractivity contribution in [3.8, 4) is 0 Å². The van der Waals surface area contributed by atoms with Crippen LogP contribution in [0.1, 0.15) is 26.3 Å². The van der Waals surface area contributed by atoms with Crippen molar-refractivity contribution >= 4 is 28.0 Å². The zero-order valence-electron chi connectivity index (χ0n) is 17.5. The fraction of sp³-hybridized carbons (Fsp3) is 0.143. The molecule has 0 atom stereocenters. The van der Waals surface area contributed by atoms with Crippen LogP contribution in [-0.4, -0.2) is 6.15 Å². The maximum absolute atomic E-state index is 2.34. The summed E-state index contributed by atoms with van der Waals surface area (Å²) in [5.41, 5.74) is 6.87. The molecule has 4 aromatic carbocycles. The van der Waals surface area contributed by atoms with E-state index in [1.165, 1.54) is 27.4 Å². The predicted octanol–water partition coefficient (Wildman–Crippen LogP) is 4.36. The third-order valence-corrected chi connectivity index (χ3v) is 6.18. The van der Waals surface area contributed by atoms with Gasteiger partial charge in [-0.25, -0.2) is 0 Å². The Balaban J connectivity index is 2.06. The Hall–Kier alpha value is -3.06. The van der Waals surface area contributed by atoms with Crippen molar-refractivity contribution in [3.05, 3.63) is 121 Å². The van der Waals surface area contributed by atoms with Crippen molar-refractivity contribution < 1.29 is 0 Å². The number of rotatable bonds is 4. The van der Waals surface area contributed by atoms with Gasteiger partial charge in [-0.1, -0.05) is 136 Å². The van der Waals surface area contributed by atoms with Gasteiger partial charge in [-0.05, 0) is 11.0 Å². The summed E-state index contributed by atoms with van der Waals surface area (Å²) in [5.74, 6) is 0. The molecule has 0 saturated carbocycles. The quantitative estimate of drug-likeness (QED) is 0.465.